The molecule has 0 saturated heterocycles. The number of likely N-dealkylation sites (N-methyl/N-ethyl adjacent to an activating group) is 1. The fourth-order valence-corrected chi connectivity index (χ4v) is 2.89. The van der Waals surface area contributed by atoms with Gasteiger partial charge in [-0.2, -0.15) is 0 Å². The van der Waals surface area contributed by atoms with Crippen molar-refractivity contribution in [2.75, 3.05) is 27.2 Å². The predicted molar refractivity (Wildman–Crippen MR) is 95.4 cm³/mol. The van der Waals surface area contributed by atoms with Crippen LogP contribution in [-0.2, 0) is 4.84 Å². The van der Waals surface area contributed by atoms with E-state index in [0.29, 0.717) is 12.5 Å². The first-order valence-electron chi connectivity index (χ1n) is 8.35. The van der Waals surface area contributed by atoms with Gasteiger partial charge in [0, 0.05) is 12.5 Å². The van der Waals surface area contributed by atoms with Crippen LogP contribution in [0.3, 0.4) is 0 Å². The summed E-state index contributed by atoms with van der Waals surface area (Å²) in [5.74, 6) is 0.393. The Kier molecular flexibility index (Phi) is 6.81. The molecule has 0 spiro atoms. The van der Waals surface area contributed by atoms with Crippen molar-refractivity contribution >= 4 is 11.8 Å². The van der Waals surface area contributed by atoms with Crippen LogP contribution in [0.15, 0.2) is 41.1 Å². The molecule has 2 atom stereocenters. The molecule has 0 radical (unpaired) electrons. The van der Waals surface area contributed by atoms with E-state index in [4.69, 9.17) is 4.84 Å². The van der Waals surface area contributed by atoms with Gasteiger partial charge in [-0.1, -0.05) is 42.4 Å². The first kappa shape index (κ1) is 17.7. The van der Waals surface area contributed by atoms with Crippen LogP contribution in [-0.4, -0.2) is 49.1 Å². The number of aliphatic hydroxyl groups is 1. The summed E-state index contributed by atoms with van der Waals surface area (Å²) in [5.41, 5.74) is 3.46. The van der Waals surface area contributed by atoms with E-state index in [9.17, 15) is 5.11 Å². The van der Waals surface area contributed by atoms with Crippen molar-refractivity contribution in [3.63, 3.8) is 0 Å². The lowest BCUT2D eigenvalue weighted by Gasteiger charge is -2.23. The molecule has 1 fully saturated rings. The number of benzene rings is 1. The Bertz CT molecular complexity index is 538. The first-order chi connectivity index (χ1) is 11.1. The quantitative estimate of drug-likeness (QED) is 0.820. The summed E-state index contributed by atoms with van der Waals surface area (Å²) in [6.45, 7) is 3.00. The van der Waals surface area contributed by atoms with E-state index in [1.165, 1.54) is 17.6 Å². The number of nitrogens with zero attached hydrogens (tertiary/aromatic N) is 2. The maximum atomic E-state index is 9.87. The molecule has 0 heterocycles. The normalized spacial score (nSPS) is 23.4. The van der Waals surface area contributed by atoms with Gasteiger partial charge in [-0.15, -0.1) is 0 Å². The molecule has 23 heavy (non-hydrogen) atoms. The van der Waals surface area contributed by atoms with Gasteiger partial charge in [0.25, 0.3) is 0 Å². The maximum Gasteiger partial charge on any atom is 0.144 e. The lowest BCUT2D eigenvalue weighted by Crippen LogP contribution is -2.29. The zero-order valence-electron chi connectivity index (χ0n) is 14.4. The fraction of sp³-hybridized carbons (Fsp3) is 0.526. The van der Waals surface area contributed by atoms with Gasteiger partial charge < -0.3 is 14.8 Å². The summed E-state index contributed by atoms with van der Waals surface area (Å²) in [7, 11) is 3.86. The molecule has 0 bridgehead atoms. The molecule has 2 rings (SSSR count). The lowest BCUT2D eigenvalue weighted by atomic mass is 9.84. The zero-order chi connectivity index (χ0) is 16.7. The fourth-order valence-electron chi connectivity index (χ4n) is 2.89. The molecule has 1 aromatic rings. The van der Waals surface area contributed by atoms with Crippen LogP contribution in [0.2, 0.25) is 0 Å². The topological polar surface area (TPSA) is 45.1 Å². The molecular formula is C19H28N2O2. The van der Waals surface area contributed by atoms with Crippen LogP contribution in [0.4, 0.5) is 0 Å². The highest BCUT2D eigenvalue weighted by Gasteiger charge is 2.21. The maximum absolute atomic E-state index is 9.87. The second-order valence-electron chi connectivity index (χ2n) is 6.56. The van der Waals surface area contributed by atoms with Gasteiger partial charge in [-0.25, -0.2) is 0 Å². The number of hydrogen-bond donors (Lipinski definition) is 1. The SMILES string of the molecule is C[C@H]1CCCC(=Cc2ccccc2)C1=NOCC(O)CN(C)C. The predicted octanol–water partition coefficient (Wildman–Crippen LogP) is 3.19. The van der Waals surface area contributed by atoms with Crippen molar-refractivity contribution in [2.24, 2.45) is 11.1 Å². The largest absolute Gasteiger partial charge is 0.393 e. The molecule has 1 aromatic carbocycles. The van der Waals surface area contributed by atoms with Gasteiger partial charge >= 0.3 is 0 Å². The van der Waals surface area contributed by atoms with Gasteiger partial charge in [-0.3, -0.25) is 0 Å². The van der Waals surface area contributed by atoms with Crippen LogP contribution in [0.5, 0.6) is 0 Å². The van der Waals surface area contributed by atoms with E-state index in [2.05, 4.69) is 30.3 Å². The van der Waals surface area contributed by atoms with Crippen molar-refractivity contribution in [3.8, 4) is 0 Å². The molecular weight excluding hydrogens is 288 g/mol. The monoisotopic (exact) mass is 316 g/mol. The van der Waals surface area contributed by atoms with E-state index in [1.54, 1.807) is 0 Å². The Morgan fingerprint density at radius 3 is 2.78 bits per heavy atom. The van der Waals surface area contributed by atoms with Gasteiger partial charge in [0.2, 0.25) is 0 Å². The molecule has 126 valence electrons. The lowest BCUT2D eigenvalue weighted by molar-refractivity contribution is 0.0263. The number of aliphatic hydroxyl groups excluding tert-OH is 1. The van der Waals surface area contributed by atoms with Crippen LogP contribution in [0.25, 0.3) is 6.08 Å². The van der Waals surface area contributed by atoms with Crippen LogP contribution in [0, 0.1) is 5.92 Å². The van der Waals surface area contributed by atoms with Crippen molar-refractivity contribution in [1.29, 1.82) is 0 Å². The van der Waals surface area contributed by atoms with Crippen molar-refractivity contribution in [3.05, 3.63) is 41.5 Å². The van der Waals surface area contributed by atoms with Crippen molar-refractivity contribution in [2.45, 2.75) is 32.3 Å². The van der Waals surface area contributed by atoms with Gasteiger partial charge in [0.1, 0.15) is 12.7 Å². The Labute approximate surface area is 139 Å². The van der Waals surface area contributed by atoms with Crippen molar-refractivity contribution < 1.29 is 9.94 Å². The van der Waals surface area contributed by atoms with Gasteiger partial charge in [-0.05, 0) is 50.6 Å². The Balaban J connectivity index is 2.05. The molecule has 1 aliphatic carbocycles. The standard InChI is InChI=1S/C19H28N2O2/c1-15-8-7-11-17(12-16-9-5-4-6-10-16)19(15)20-23-14-18(22)13-21(2)3/h4-6,9-10,12,15,18,22H,7-8,11,13-14H2,1-3H3/t15-,18?/m0/s1. The van der Waals surface area contributed by atoms with E-state index < -0.39 is 6.10 Å². The zero-order valence-corrected chi connectivity index (χ0v) is 14.4. The highest BCUT2D eigenvalue weighted by Crippen LogP contribution is 2.28. The Morgan fingerprint density at radius 1 is 1.35 bits per heavy atom. The van der Waals surface area contributed by atoms with E-state index in [-0.39, 0.29) is 6.61 Å². The third kappa shape index (κ3) is 5.81. The minimum Gasteiger partial charge on any atom is -0.393 e. The van der Waals surface area contributed by atoms with Gasteiger partial charge in [0.05, 0.1) is 5.71 Å². The average Bonchev–Trinajstić information content (AvgIpc) is 2.50. The molecule has 1 unspecified atom stereocenters. The highest BCUT2D eigenvalue weighted by atomic mass is 16.6. The smallest absolute Gasteiger partial charge is 0.144 e. The van der Waals surface area contributed by atoms with E-state index >= 15 is 0 Å². The summed E-state index contributed by atoms with van der Waals surface area (Å²) in [4.78, 5) is 7.38. The van der Waals surface area contributed by atoms with Crippen LogP contribution < -0.4 is 0 Å². The molecule has 1 aliphatic rings. The third-order valence-corrected chi connectivity index (χ3v) is 4.03. The summed E-state index contributed by atoms with van der Waals surface area (Å²) in [6.07, 6.45) is 5.03. The minimum absolute atomic E-state index is 0.229. The molecule has 4 heteroatoms. The second kappa shape index (κ2) is 8.85. The Morgan fingerprint density at radius 2 is 2.09 bits per heavy atom. The molecule has 1 N–H and O–H groups in total. The summed E-state index contributed by atoms with van der Waals surface area (Å²) in [5, 5.41) is 14.2. The Hall–Kier alpha value is -1.65. The average molecular weight is 316 g/mol. The third-order valence-electron chi connectivity index (χ3n) is 4.03. The molecule has 0 aliphatic heterocycles. The summed E-state index contributed by atoms with van der Waals surface area (Å²) in [6, 6.07) is 10.3. The second-order valence-corrected chi connectivity index (χ2v) is 6.56. The number of hydrogen-bond acceptors (Lipinski definition) is 4. The minimum atomic E-state index is -0.519. The first-order valence-corrected chi connectivity index (χ1v) is 8.35. The van der Waals surface area contributed by atoms with Gasteiger partial charge in [0.15, 0.2) is 0 Å². The summed E-state index contributed by atoms with van der Waals surface area (Å²) < 4.78 is 0. The summed E-state index contributed by atoms with van der Waals surface area (Å²) >= 11 is 0. The van der Waals surface area contributed by atoms with Crippen molar-refractivity contribution in [1.82, 2.24) is 4.90 Å². The van der Waals surface area contributed by atoms with E-state index in [0.717, 1.165) is 18.6 Å². The van der Waals surface area contributed by atoms with Crippen LogP contribution in [0.1, 0.15) is 31.7 Å². The highest BCUT2D eigenvalue weighted by molar-refractivity contribution is 6.05. The number of allylic oxidation sites excluding steroid dienone is 1. The number of rotatable bonds is 6. The van der Waals surface area contributed by atoms with Crippen LogP contribution >= 0.6 is 0 Å². The molecule has 0 amide bonds. The molecule has 4 nitrogen and oxygen atoms in total. The van der Waals surface area contributed by atoms with E-state index in [1.807, 2.05) is 37.2 Å². The molecule has 1 saturated carbocycles. The number of oxime groups is 1. The molecule has 0 aromatic heterocycles.